The van der Waals surface area contributed by atoms with E-state index in [-0.39, 0.29) is 23.5 Å². The van der Waals surface area contributed by atoms with E-state index in [9.17, 15) is 13.2 Å². The van der Waals surface area contributed by atoms with Crippen molar-refractivity contribution in [2.75, 3.05) is 6.61 Å². The van der Waals surface area contributed by atoms with Crippen molar-refractivity contribution in [3.05, 3.63) is 65.7 Å². The van der Waals surface area contributed by atoms with Crippen LogP contribution in [0.25, 0.3) is 0 Å². The van der Waals surface area contributed by atoms with E-state index < -0.39 is 22.0 Å². The van der Waals surface area contributed by atoms with E-state index in [2.05, 4.69) is 4.72 Å². The van der Waals surface area contributed by atoms with E-state index in [1.807, 2.05) is 24.3 Å². The van der Waals surface area contributed by atoms with Gasteiger partial charge in [-0.15, -0.1) is 0 Å². The molecule has 0 heterocycles. The summed E-state index contributed by atoms with van der Waals surface area (Å²) in [5.74, 6) is -0.647. The van der Waals surface area contributed by atoms with Gasteiger partial charge in [-0.05, 0) is 37.1 Å². The van der Waals surface area contributed by atoms with Crippen molar-refractivity contribution in [1.82, 2.24) is 4.72 Å². The molecule has 0 radical (unpaired) electrons. The van der Waals surface area contributed by atoms with Gasteiger partial charge in [-0.2, -0.15) is 9.98 Å². The average Bonchev–Trinajstić information content (AvgIpc) is 2.62. The first-order valence-corrected chi connectivity index (χ1v) is 9.17. The summed E-state index contributed by atoms with van der Waals surface area (Å²) in [5.41, 5.74) is 1.02. The van der Waals surface area contributed by atoms with Crippen LogP contribution in [0.3, 0.4) is 0 Å². The minimum atomic E-state index is -3.98. The van der Waals surface area contributed by atoms with Crippen LogP contribution in [0.1, 0.15) is 18.1 Å². The Balaban J connectivity index is 2.28. The van der Waals surface area contributed by atoms with Crippen LogP contribution in [0.5, 0.6) is 0 Å². The van der Waals surface area contributed by atoms with Crippen LogP contribution in [-0.4, -0.2) is 27.0 Å². The number of hydrogen-bond acceptors (Lipinski definition) is 5. The number of rotatable bonds is 7. The van der Waals surface area contributed by atoms with Gasteiger partial charge in [-0.25, -0.2) is 8.42 Å². The van der Waals surface area contributed by atoms with Gasteiger partial charge in [0.25, 0.3) is 0 Å². The lowest BCUT2D eigenvalue weighted by Gasteiger charge is -2.17. The maximum absolute atomic E-state index is 12.6. The Morgan fingerprint density at radius 2 is 1.92 bits per heavy atom. The molecule has 2 aromatic carbocycles. The Morgan fingerprint density at radius 3 is 2.56 bits per heavy atom. The predicted octanol–water partition coefficient (Wildman–Crippen LogP) is 2.01. The number of ether oxygens (including phenoxy) is 1. The number of esters is 1. The van der Waals surface area contributed by atoms with E-state index >= 15 is 0 Å². The van der Waals surface area contributed by atoms with E-state index in [0.29, 0.717) is 0 Å². The smallest absolute Gasteiger partial charge is 0.324 e. The molecule has 1 unspecified atom stereocenters. The predicted molar refractivity (Wildman–Crippen MR) is 92.0 cm³/mol. The summed E-state index contributed by atoms with van der Waals surface area (Å²) < 4.78 is 32.5. The van der Waals surface area contributed by atoms with E-state index in [4.69, 9.17) is 10.00 Å². The Labute approximate surface area is 147 Å². The summed E-state index contributed by atoms with van der Waals surface area (Å²) in [6.45, 7) is 1.80. The number of nitrogens with one attached hydrogen (secondary N) is 1. The first kappa shape index (κ1) is 18.6. The zero-order chi connectivity index (χ0) is 18.3. The molecule has 1 N–H and O–H groups in total. The molecule has 0 amide bonds. The Bertz CT molecular complexity index is 873. The van der Waals surface area contributed by atoms with E-state index in [0.717, 1.165) is 5.56 Å². The van der Waals surface area contributed by atoms with E-state index in [1.54, 1.807) is 19.1 Å². The molecule has 2 aromatic rings. The quantitative estimate of drug-likeness (QED) is 0.764. The second kappa shape index (κ2) is 8.42. The van der Waals surface area contributed by atoms with Crippen molar-refractivity contribution < 1.29 is 17.9 Å². The molecule has 0 aliphatic heterocycles. The van der Waals surface area contributed by atoms with Crippen molar-refractivity contribution >= 4 is 16.0 Å². The first-order chi connectivity index (χ1) is 12.0. The monoisotopic (exact) mass is 358 g/mol. The Hall–Kier alpha value is -2.69. The molecule has 1 atom stereocenters. The van der Waals surface area contributed by atoms with Crippen molar-refractivity contribution in [3.8, 4) is 6.07 Å². The molecular weight excluding hydrogens is 340 g/mol. The third-order valence-electron chi connectivity index (χ3n) is 3.42. The Kier molecular flexibility index (Phi) is 6.28. The normalized spacial score (nSPS) is 12.2. The van der Waals surface area contributed by atoms with Gasteiger partial charge >= 0.3 is 5.97 Å². The lowest BCUT2D eigenvalue weighted by atomic mass is 10.1. The summed E-state index contributed by atoms with van der Waals surface area (Å²) in [5, 5.41) is 8.92. The van der Waals surface area contributed by atoms with Gasteiger partial charge in [0.2, 0.25) is 10.0 Å². The van der Waals surface area contributed by atoms with Crippen LogP contribution in [0.15, 0.2) is 59.5 Å². The molecular formula is C18H18N2O4S. The van der Waals surface area contributed by atoms with Crippen molar-refractivity contribution in [2.24, 2.45) is 0 Å². The average molecular weight is 358 g/mol. The van der Waals surface area contributed by atoms with Crippen molar-refractivity contribution in [3.63, 3.8) is 0 Å². The minimum Gasteiger partial charge on any atom is -0.465 e. The lowest BCUT2D eigenvalue weighted by molar-refractivity contribution is -0.145. The van der Waals surface area contributed by atoms with Gasteiger partial charge < -0.3 is 4.74 Å². The number of benzene rings is 2. The zero-order valence-corrected chi connectivity index (χ0v) is 14.5. The number of sulfonamides is 1. The van der Waals surface area contributed by atoms with Gasteiger partial charge in [0.1, 0.15) is 6.04 Å². The molecule has 6 nitrogen and oxygen atoms in total. The van der Waals surface area contributed by atoms with Gasteiger partial charge in [0.15, 0.2) is 0 Å². The van der Waals surface area contributed by atoms with Gasteiger partial charge in [0.05, 0.1) is 23.1 Å². The molecule has 25 heavy (non-hydrogen) atoms. The van der Waals surface area contributed by atoms with Crippen LogP contribution in [0.4, 0.5) is 0 Å². The van der Waals surface area contributed by atoms with Gasteiger partial charge in [-0.3, -0.25) is 4.79 Å². The van der Waals surface area contributed by atoms with Crippen molar-refractivity contribution in [1.29, 1.82) is 5.26 Å². The maximum atomic E-state index is 12.6. The highest BCUT2D eigenvalue weighted by molar-refractivity contribution is 7.89. The molecule has 0 aromatic heterocycles. The molecule has 2 rings (SSSR count). The molecule has 0 saturated carbocycles. The molecule has 0 aliphatic carbocycles. The van der Waals surface area contributed by atoms with Crippen LogP contribution in [0, 0.1) is 11.3 Å². The summed E-state index contributed by atoms with van der Waals surface area (Å²) in [6.07, 6.45) is 0.164. The topological polar surface area (TPSA) is 96.3 Å². The standard InChI is InChI=1S/C18H18N2O4S/c1-2-24-18(21)17(12-14-7-4-3-5-8-14)20-25(22,23)16-10-6-9-15(11-16)13-19/h3-11,17,20H,2,12H2,1H3. The number of carbonyl (C=O) groups is 1. The Morgan fingerprint density at radius 1 is 1.20 bits per heavy atom. The van der Waals surface area contributed by atoms with Crippen LogP contribution >= 0.6 is 0 Å². The second-order valence-electron chi connectivity index (χ2n) is 5.26. The molecule has 0 saturated heterocycles. The summed E-state index contributed by atoms with van der Waals surface area (Å²) in [4.78, 5) is 12.1. The third-order valence-corrected chi connectivity index (χ3v) is 4.89. The summed E-state index contributed by atoms with van der Waals surface area (Å²) >= 11 is 0. The molecule has 0 fully saturated rings. The van der Waals surface area contributed by atoms with Crippen LogP contribution in [0.2, 0.25) is 0 Å². The highest BCUT2D eigenvalue weighted by Crippen LogP contribution is 2.13. The fourth-order valence-corrected chi connectivity index (χ4v) is 3.48. The summed E-state index contributed by atoms with van der Waals surface area (Å²) in [7, 11) is -3.98. The minimum absolute atomic E-state index is 0.0751. The molecule has 0 aliphatic rings. The fourth-order valence-electron chi connectivity index (χ4n) is 2.25. The molecule has 130 valence electrons. The summed E-state index contributed by atoms with van der Waals surface area (Å²) in [6, 6.07) is 15.5. The van der Waals surface area contributed by atoms with Gasteiger partial charge in [0, 0.05) is 0 Å². The highest BCUT2D eigenvalue weighted by atomic mass is 32.2. The number of nitrogens with zero attached hydrogens (tertiary/aromatic N) is 1. The molecule has 0 bridgehead atoms. The third kappa shape index (κ3) is 5.14. The second-order valence-corrected chi connectivity index (χ2v) is 6.97. The fraction of sp³-hybridized carbons (Fsp3) is 0.222. The molecule has 0 spiro atoms. The maximum Gasteiger partial charge on any atom is 0.324 e. The first-order valence-electron chi connectivity index (χ1n) is 7.69. The lowest BCUT2D eigenvalue weighted by Crippen LogP contribution is -2.43. The van der Waals surface area contributed by atoms with E-state index in [1.165, 1.54) is 24.3 Å². The highest BCUT2D eigenvalue weighted by Gasteiger charge is 2.27. The SMILES string of the molecule is CCOC(=O)C(Cc1ccccc1)NS(=O)(=O)c1cccc(C#N)c1. The van der Waals surface area contributed by atoms with Crippen LogP contribution < -0.4 is 4.72 Å². The number of hydrogen-bond donors (Lipinski definition) is 1. The molecule has 7 heteroatoms. The zero-order valence-electron chi connectivity index (χ0n) is 13.7. The number of carbonyl (C=O) groups excluding carboxylic acids is 1. The largest absolute Gasteiger partial charge is 0.465 e. The number of nitriles is 1. The van der Waals surface area contributed by atoms with Gasteiger partial charge in [-0.1, -0.05) is 36.4 Å². The van der Waals surface area contributed by atoms with Crippen molar-refractivity contribution in [2.45, 2.75) is 24.3 Å². The van der Waals surface area contributed by atoms with Crippen LogP contribution in [-0.2, 0) is 26.0 Å².